The summed E-state index contributed by atoms with van der Waals surface area (Å²) in [4.78, 5) is 14.3. The van der Waals surface area contributed by atoms with E-state index in [1.54, 1.807) is 24.5 Å². The monoisotopic (exact) mass is 266 g/mol. The fraction of sp³-hybridized carbons (Fsp3) is 0.0909. The number of nitrogens with one attached hydrogen (secondary N) is 1. The second-order valence-electron chi connectivity index (χ2n) is 3.46. The molecule has 0 spiro atoms. The van der Waals surface area contributed by atoms with E-state index in [0.29, 0.717) is 6.29 Å². The maximum atomic E-state index is 11.8. The van der Waals surface area contributed by atoms with E-state index in [0.717, 1.165) is 5.56 Å². The van der Waals surface area contributed by atoms with E-state index in [1.165, 1.54) is 12.1 Å². The molecule has 0 saturated carbocycles. The summed E-state index contributed by atoms with van der Waals surface area (Å²) in [6.45, 7) is 0.104. The minimum absolute atomic E-state index is 0.0308. The summed E-state index contributed by atoms with van der Waals surface area (Å²) < 4.78 is 30.8. The summed E-state index contributed by atoms with van der Waals surface area (Å²) in [6.07, 6.45) is 3.60. The summed E-state index contributed by atoms with van der Waals surface area (Å²) in [5.41, 5.74) is 0.725. The first-order chi connectivity index (χ1) is 8.62. The average Bonchev–Trinajstić information content (AvgIpc) is 2.87. The lowest BCUT2D eigenvalue weighted by molar-refractivity contribution is 0.109. The Hall–Kier alpha value is -1.99. The minimum Gasteiger partial charge on any atom is -0.440 e. The van der Waals surface area contributed by atoms with Gasteiger partial charge >= 0.3 is 0 Å². The van der Waals surface area contributed by atoms with Gasteiger partial charge in [-0.25, -0.2) is 13.1 Å². The molecular formula is C11H10N2O4S. The van der Waals surface area contributed by atoms with Gasteiger partial charge in [0.05, 0.1) is 0 Å². The SMILES string of the molecule is O=Cc1ccc(S(=O)(=O)NCc2cccnc2)o1. The van der Waals surface area contributed by atoms with Gasteiger partial charge in [0.25, 0.3) is 10.0 Å². The fourth-order valence-electron chi connectivity index (χ4n) is 1.29. The van der Waals surface area contributed by atoms with Gasteiger partial charge in [-0.05, 0) is 23.8 Å². The van der Waals surface area contributed by atoms with Crippen LogP contribution >= 0.6 is 0 Å². The van der Waals surface area contributed by atoms with Gasteiger partial charge in [0.1, 0.15) is 0 Å². The normalized spacial score (nSPS) is 11.3. The van der Waals surface area contributed by atoms with E-state index >= 15 is 0 Å². The Morgan fingerprint density at radius 1 is 1.33 bits per heavy atom. The van der Waals surface area contributed by atoms with Gasteiger partial charge in [-0.15, -0.1) is 0 Å². The Labute approximate surface area is 104 Å². The molecule has 0 bridgehead atoms. The quantitative estimate of drug-likeness (QED) is 0.814. The van der Waals surface area contributed by atoms with Crippen LogP contribution in [0.15, 0.2) is 46.2 Å². The second kappa shape index (κ2) is 5.11. The first-order valence-electron chi connectivity index (χ1n) is 5.05. The van der Waals surface area contributed by atoms with Gasteiger partial charge < -0.3 is 4.42 Å². The van der Waals surface area contributed by atoms with Crippen molar-refractivity contribution in [3.8, 4) is 0 Å². The molecule has 0 saturated heterocycles. The molecular weight excluding hydrogens is 256 g/mol. The smallest absolute Gasteiger partial charge is 0.274 e. The van der Waals surface area contributed by atoms with Crippen LogP contribution in [0.25, 0.3) is 0 Å². The summed E-state index contributed by atoms with van der Waals surface area (Å²) in [7, 11) is -3.75. The van der Waals surface area contributed by atoms with Crippen molar-refractivity contribution in [3.05, 3.63) is 48.0 Å². The molecule has 6 nitrogen and oxygen atoms in total. The lowest BCUT2D eigenvalue weighted by atomic mass is 10.3. The van der Waals surface area contributed by atoms with E-state index in [4.69, 9.17) is 4.42 Å². The standard InChI is InChI=1S/C11H10N2O4S/c14-8-10-3-4-11(17-10)18(15,16)13-7-9-2-1-5-12-6-9/h1-6,8,13H,7H2. The number of aldehydes is 1. The molecule has 0 aliphatic rings. The largest absolute Gasteiger partial charge is 0.440 e. The van der Waals surface area contributed by atoms with Gasteiger partial charge in [-0.1, -0.05) is 6.07 Å². The number of furan rings is 1. The molecule has 2 rings (SSSR count). The Morgan fingerprint density at radius 3 is 2.78 bits per heavy atom. The van der Waals surface area contributed by atoms with Crippen molar-refractivity contribution in [1.29, 1.82) is 0 Å². The first kappa shape index (κ1) is 12.5. The molecule has 0 aliphatic carbocycles. The zero-order valence-electron chi connectivity index (χ0n) is 9.24. The average molecular weight is 266 g/mol. The highest BCUT2D eigenvalue weighted by Gasteiger charge is 2.18. The number of rotatable bonds is 5. The molecule has 18 heavy (non-hydrogen) atoms. The Bertz CT molecular complexity index is 634. The van der Waals surface area contributed by atoms with E-state index in [-0.39, 0.29) is 17.4 Å². The molecule has 2 aromatic heterocycles. The predicted molar refractivity (Wildman–Crippen MR) is 62.4 cm³/mol. The van der Waals surface area contributed by atoms with E-state index < -0.39 is 10.0 Å². The van der Waals surface area contributed by atoms with Crippen molar-refractivity contribution < 1.29 is 17.6 Å². The van der Waals surface area contributed by atoms with Crippen molar-refractivity contribution in [3.63, 3.8) is 0 Å². The topological polar surface area (TPSA) is 89.3 Å². The molecule has 0 unspecified atom stereocenters. The predicted octanol–water partition coefficient (Wildman–Crippen LogP) is 0.966. The molecule has 0 atom stereocenters. The van der Waals surface area contributed by atoms with Crippen LogP contribution in [0.4, 0.5) is 0 Å². The highest BCUT2D eigenvalue weighted by atomic mass is 32.2. The van der Waals surface area contributed by atoms with Gasteiger partial charge in [0.15, 0.2) is 12.0 Å². The number of nitrogens with zero attached hydrogens (tertiary/aromatic N) is 1. The fourth-order valence-corrected chi connectivity index (χ4v) is 2.25. The van der Waals surface area contributed by atoms with E-state index in [1.807, 2.05) is 0 Å². The number of aromatic nitrogens is 1. The molecule has 0 aromatic carbocycles. The van der Waals surface area contributed by atoms with Gasteiger partial charge in [0, 0.05) is 18.9 Å². The zero-order valence-corrected chi connectivity index (χ0v) is 10.1. The van der Waals surface area contributed by atoms with Crippen molar-refractivity contribution >= 4 is 16.3 Å². The molecule has 2 heterocycles. The Morgan fingerprint density at radius 2 is 2.17 bits per heavy atom. The maximum Gasteiger partial charge on any atom is 0.274 e. The summed E-state index contributed by atoms with van der Waals surface area (Å²) >= 11 is 0. The highest BCUT2D eigenvalue weighted by Crippen LogP contribution is 2.12. The molecule has 7 heteroatoms. The summed E-state index contributed by atoms with van der Waals surface area (Å²) in [5, 5.41) is -0.284. The molecule has 0 fully saturated rings. The molecule has 0 amide bonds. The van der Waals surface area contributed by atoms with Crippen LogP contribution in [0, 0.1) is 0 Å². The molecule has 0 aliphatic heterocycles. The van der Waals surface area contributed by atoms with Crippen LogP contribution < -0.4 is 4.72 Å². The van der Waals surface area contributed by atoms with E-state index in [9.17, 15) is 13.2 Å². The number of carbonyl (C=O) groups is 1. The maximum absolute atomic E-state index is 11.8. The highest BCUT2D eigenvalue weighted by molar-refractivity contribution is 7.89. The van der Waals surface area contributed by atoms with Crippen LogP contribution in [0.5, 0.6) is 0 Å². The van der Waals surface area contributed by atoms with Crippen LogP contribution in [0.1, 0.15) is 16.1 Å². The third-order valence-electron chi connectivity index (χ3n) is 2.17. The zero-order chi connectivity index (χ0) is 13.0. The van der Waals surface area contributed by atoms with Gasteiger partial charge in [0.2, 0.25) is 5.09 Å². The van der Waals surface area contributed by atoms with E-state index in [2.05, 4.69) is 9.71 Å². The summed E-state index contributed by atoms with van der Waals surface area (Å²) in [5.74, 6) is -0.0308. The molecule has 2 aromatic rings. The van der Waals surface area contributed by atoms with Crippen molar-refractivity contribution in [2.45, 2.75) is 11.6 Å². The molecule has 94 valence electrons. The minimum atomic E-state index is -3.75. The Kier molecular flexibility index (Phi) is 3.54. The first-order valence-corrected chi connectivity index (χ1v) is 6.54. The van der Waals surface area contributed by atoms with Crippen molar-refractivity contribution in [2.24, 2.45) is 0 Å². The van der Waals surface area contributed by atoms with Crippen LogP contribution in [-0.4, -0.2) is 19.7 Å². The van der Waals surface area contributed by atoms with Crippen LogP contribution in [-0.2, 0) is 16.6 Å². The number of pyridine rings is 1. The van der Waals surface area contributed by atoms with Crippen molar-refractivity contribution in [2.75, 3.05) is 0 Å². The number of hydrogen-bond donors (Lipinski definition) is 1. The molecule has 0 radical (unpaired) electrons. The third-order valence-corrected chi connectivity index (χ3v) is 3.45. The van der Waals surface area contributed by atoms with Crippen LogP contribution in [0.2, 0.25) is 0 Å². The molecule has 1 N–H and O–H groups in total. The lowest BCUT2D eigenvalue weighted by Crippen LogP contribution is -2.22. The van der Waals surface area contributed by atoms with Gasteiger partial charge in [-0.2, -0.15) is 0 Å². The van der Waals surface area contributed by atoms with Crippen molar-refractivity contribution in [1.82, 2.24) is 9.71 Å². The second-order valence-corrected chi connectivity index (χ2v) is 5.16. The lowest BCUT2D eigenvalue weighted by Gasteiger charge is -2.03. The Balaban J connectivity index is 2.10. The summed E-state index contributed by atoms with van der Waals surface area (Å²) in [6, 6.07) is 5.98. The third kappa shape index (κ3) is 2.82. The number of hydrogen-bond acceptors (Lipinski definition) is 5. The number of carbonyl (C=O) groups excluding carboxylic acids is 1. The van der Waals surface area contributed by atoms with Gasteiger partial charge in [-0.3, -0.25) is 9.78 Å². The van der Waals surface area contributed by atoms with Crippen LogP contribution in [0.3, 0.4) is 0 Å². The number of sulfonamides is 1.